The van der Waals surface area contributed by atoms with E-state index in [1.807, 2.05) is 49.9 Å². The first-order valence-corrected chi connectivity index (χ1v) is 7.69. The third kappa shape index (κ3) is 2.84. The highest BCUT2D eigenvalue weighted by Crippen LogP contribution is 2.40. The van der Waals surface area contributed by atoms with Crippen LogP contribution in [0.3, 0.4) is 0 Å². The summed E-state index contributed by atoms with van der Waals surface area (Å²) in [6.45, 7) is 3.87. The summed E-state index contributed by atoms with van der Waals surface area (Å²) in [7, 11) is 3.51. The fourth-order valence-electron chi connectivity index (χ4n) is 2.46. The predicted molar refractivity (Wildman–Crippen MR) is 91.3 cm³/mol. The third-order valence-electron chi connectivity index (χ3n) is 3.51. The van der Waals surface area contributed by atoms with E-state index in [1.165, 1.54) is 0 Å². The third-order valence-corrected chi connectivity index (χ3v) is 3.88. The Morgan fingerprint density at radius 2 is 2.04 bits per heavy atom. The minimum Gasteiger partial charge on any atom is -0.484 e. The van der Waals surface area contributed by atoms with Crippen molar-refractivity contribution in [3.63, 3.8) is 0 Å². The maximum Gasteiger partial charge on any atom is 0.258 e. The van der Waals surface area contributed by atoms with Crippen LogP contribution in [0.25, 0.3) is 22.2 Å². The Morgan fingerprint density at radius 3 is 2.65 bits per heavy atom. The van der Waals surface area contributed by atoms with E-state index in [0.29, 0.717) is 16.7 Å². The van der Waals surface area contributed by atoms with Crippen LogP contribution in [-0.2, 0) is 7.05 Å². The number of aromatic nitrogens is 3. The quantitative estimate of drug-likeness (QED) is 0.722. The molecule has 0 unspecified atom stereocenters. The number of fused-ring (bicyclic) bond motifs is 1. The predicted octanol–water partition coefficient (Wildman–Crippen LogP) is 4.08. The van der Waals surface area contributed by atoms with Crippen LogP contribution in [0.1, 0.15) is 13.8 Å². The monoisotopic (exact) mass is 331 g/mol. The van der Waals surface area contributed by atoms with Gasteiger partial charge in [0.25, 0.3) is 5.88 Å². The normalized spacial score (nSPS) is 11.2. The number of hydrogen-bond donors (Lipinski definition) is 0. The number of imidazole rings is 1. The second kappa shape index (κ2) is 6.08. The smallest absolute Gasteiger partial charge is 0.258 e. The number of ether oxygens (including phenoxy) is 2. The highest BCUT2D eigenvalue weighted by atomic mass is 35.5. The van der Waals surface area contributed by atoms with Crippen LogP contribution < -0.4 is 9.47 Å². The Bertz CT molecular complexity index is 858. The zero-order valence-corrected chi connectivity index (χ0v) is 14.3. The molecular weight excluding hydrogens is 314 g/mol. The summed E-state index contributed by atoms with van der Waals surface area (Å²) in [4.78, 5) is 8.65. The van der Waals surface area contributed by atoms with Crippen LogP contribution in [-0.4, -0.2) is 27.7 Å². The molecule has 23 heavy (non-hydrogen) atoms. The first-order valence-electron chi connectivity index (χ1n) is 7.32. The highest BCUT2D eigenvalue weighted by Gasteiger charge is 2.18. The Labute approximate surface area is 139 Å². The average Bonchev–Trinajstić information content (AvgIpc) is 2.95. The Hall–Kier alpha value is -2.27. The van der Waals surface area contributed by atoms with Crippen molar-refractivity contribution < 1.29 is 9.47 Å². The molecule has 0 radical (unpaired) electrons. The average molecular weight is 332 g/mol. The molecule has 3 aromatic rings. The molecule has 0 amide bonds. The zero-order valence-electron chi connectivity index (χ0n) is 13.5. The molecule has 5 nitrogen and oxygen atoms in total. The van der Waals surface area contributed by atoms with E-state index in [0.717, 1.165) is 22.2 Å². The van der Waals surface area contributed by atoms with Crippen LogP contribution in [0.5, 0.6) is 11.6 Å². The maximum absolute atomic E-state index is 6.58. The molecule has 2 heterocycles. The van der Waals surface area contributed by atoms with Gasteiger partial charge in [-0.05, 0) is 26.0 Å². The lowest BCUT2D eigenvalue weighted by molar-refractivity contribution is 0.228. The fourth-order valence-corrected chi connectivity index (χ4v) is 2.73. The number of nitrogens with zero attached hydrogens (tertiary/aromatic N) is 3. The number of aryl methyl sites for hydroxylation is 1. The van der Waals surface area contributed by atoms with Gasteiger partial charge in [-0.2, -0.15) is 0 Å². The summed E-state index contributed by atoms with van der Waals surface area (Å²) in [6.07, 6.45) is 3.55. The molecule has 3 rings (SSSR count). The van der Waals surface area contributed by atoms with Gasteiger partial charge in [-0.15, -0.1) is 0 Å². The molecule has 6 heteroatoms. The van der Waals surface area contributed by atoms with Gasteiger partial charge in [0.15, 0.2) is 0 Å². The molecule has 0 N–H and O–H groups in total. The molecule has 1 aromatic carbocycles. The van der Waals surface area contributed by atoms with Gasteiger partial charge >= 0.3 is 0 Å². The number of rotatable bonds is 4. The van der Waals surface area contributed by atoms with Crippen LogP contribution in [0.4, 0.5) is 0 Å². The molecule has 120 valence electrons. The van der Waals surface area contributed by atoms with Crippen LogP contribution in [0.2, 0.25) is 5.02 Å². The van der Waals surface area contributed by atoms with Crippen LogP contribution >= 0.6 is 11.6 Å². The summed E-state index contributed by atoms with van der Waals surface area (Å²) in [5, 5.41) is 1.33. The van der Waals surface area contributed by atoms with Gasteiger partial charge < -0.3 is 14.0 Å². The molecule has 0 aliphatic heterocycles. The van der Waals surface area contributed by atoms with Gasteiger partial charge in [-0.3, -0.25) is 0 Å². The molecule has 0 fully saturated rings. The number of benzene rings is 1. The van der Waals surface area contributed by atoms with Crippen molar-refractivity contribution in [1.29, 1.82) is 0 Å². The molecule has 0 aliphatic rings. The van der Waals surface area contributed by atoms with Crippen molar-refractivity contribution >= 4 is 22.5 Å². The second-order valence-corrected chi connectivity index (χ2v) is 5.93. The lowest BCUT2D eigenvalue weighted by atomic mass is 10.1. The number of hydrogen-bond acceptors (Lipinski definition) is 4. The van der Waals surface area contributed by atoms with Gasteiger partial charge in [0, 0.05) is 18.0 Å². The van der Waals surface area contributed by atoms with Gasteiger partial charge in [-0.1, -0.05) is 17.7 Å². The van der Waals surface area contributed by atoms with E-state index in [2.05, 4.69) is 9.97 Å². The highest BCUT2D eigenvalue weighted by molar-refractivity contribution is 6.37. The Balaban J connectivity index is 2.22. The molecule has 2 aromatic heterocycles. The van der Waals surface area contributed by atoms with Gasteiger partial charge in [-0.25, -0.2) is 9.97 Å². The lowest BCUT2D eigenvalue weighted by Gasteiger charge is -2.16. The SMILES string of the molecule is COc1nc2ccc(-c3cncn3C)cc2c(Cl)c1OC(C)C. The molecule has 0 aliphatic carbocycles. The first kappa shape index (κ1) is 15.6. The summed E-state index contributed by atoms with van der Waals surface area (Å²) in [5.74, 6) is 0.864. The maximum atomic E-state index is 6.58. The van der Waals surface area contributed by atoms with Crippen LogP contribution in [0, 0.1) is 0 Å². The number of methoxy groups -OCH3 is 1. The van der Waals surface area contributed by atoms with E-state index in [-0.39, 0.29) is 6.10 Å². The minimum atomic E-state index is -0.0269. The van der Waals surface area contributed by atoms with Gasteiger partial charge in [0.1, 0.15) is 0 Å². The van der Waals surface area contributed by atoms with Gasteiger partial charge in [0.2, 0.25) is 5.75 Å². The largest absolute Gasteiger partial charge is 0.484 e. The molecule has 0 spiro atoms. The van der Waals surface area contributed by atoms with Crippen molar-refractivity contribution in [2.75, 3.05) is 7.11 Å². The summed E-state index contributed by atoms with van der Waals surface area (Å²) >= 11 is 6.58. The van der Waals surface area contributed by atoms with E-state index in [9.17, 15) is 0 Å². The molecular formula is C17H18ClN3O2. The Kier molecular flexibility index (Phi) is 4.13. The van der Waals surface area contributed by atoms with Crippen molar-refractivity contribution in [2.45, 2.75) is 20.0 Å². The molecule has 0 bridgehead atoms. The van der Waals surface area contributed by atoms with Crippen molar-refractivity contribution in [2.24, 2.45) is 7.05 Å². The molecule has 0 saturated carbocycles. The molecule has 0 saturated heterocycles. The fraction of sp³-hybridized carbons (Fsp3) is 0.294. The number of halogens is 1. The topological polar surface area (TPSA) is 49.2 Å². The standard InChI is InChI=1S/C17H18ClN3O2/c1-10(2)23-16-15(18)12-7-11(14-8-19-9-21(14)3)5-6-13(12)20-17(16)22-4/h5-10H,1-4H3. The summed E-state index contributed by atoms with van der Waals surface area (Å²) < 4.78 is 13.1. The lowest BCUT2D eigenvalue weighted by Crippen LogP contribution is -2.08. The van der Waals surface area contributed by atoms with E-state index in [1.54, 1.807) is 13.4 Å². The van der Waals surface area contributed by atoms with Crippen molar-refractivity contribution in [3.8, 4) is 22.9 Å². The van der Waals surface area contributed by atoms with Crippen molar-refractivity contribution in [1.82, 2.24) is 14.5 Å². The van der Waals surface area contributed by atoms with Crippen LogP contribution in [0.15, 0.2) is 30.7 Å². The van der Waals surface area contributed by atoms with E-state index < -0.39 is 0 Å². The minimum absolute atomic E-state index is 0.0269. The first-order chi connectivity index (χ1) is 11.0. The summed E-state index contributed by atoms with van der Waals surface area (Å²) in [5.41, 5.74) is 2.78. The Morgan fingerprint density at radius 1 is 1.26 bits per heavy atom. The molecule has 0 atom stereocenters. The summed E-state index contributed by atoms with van der Waals surface area (Å²) in [6, 6.07) is 5.91. The van der Waals surface area contributed by atoms with E-state index in [4.69, 9.17) is 21.1 Å². The number of pyridine rings is 1. The van der Waals surface area contributed by atoms with E-state index >= 15 is 0 Å². The van der Waals surface area contributed by atoms with Crippen molar-refractivity contribution in [3.05, 3.63) is 35.7 Å². The van der Waals surface area contributed by atoms with Gasteiger partial charge in [0.05, 0.1) is 42.0 Å². The zero-order chi connectivity index (χ0) is 16.6. The second-order valence-electron chi connectivity index (χ2n) is 5.55.